The van der Waals surface area contributed by atoms with Crippen molar-refractivity contribution in [3.8, 4) is 0 Å². The summed E-state index contributed by atoms with van der Waals surface area (Å²) in [7, 11) is 0. The zero-order valence-corrected chi connectivity index (χ0v) is 7.72. The van der Waals surface area contributed by atoms with E-state index in [0.717, 1.165) is 12.3 Å². The third-order valence-electron chi connectivity index (χ3n) is 3.99. The minimum absolute atomic E-state index is 0.0134. The van der Waals surface area contributed by atoms with E-state index in [-0.39, 0.29) is 11.5 Å². The molecule has 2 fully saturated rings. The monoisotopic (exact) mass is 154 g/mol. The minimum Gasteiger partial charge on any atom is -0.393 e. The molecule has 64 valence electrons. The van der Waals surface area contributed by atoms with Gasteiger partial charge in [0.15, 0.2) is 0 Å². The maximum Gasteiger partial charge on any atom is 0.0596 e. The number of hydrogen-bond acceptors (Lipinski definition) is 1. The molecule has 1 nitrogen and oxygen atoms in total. The molecule has 0 saturated heterocycles. The lowest BCUT2D eigenvalue weighted by atomic mass is 9.71. The average molecular weight is 154 g/mol. The standard InChI is InChI=1S/C10H18O/c1-9(2)6-10(3)5-7(9)4-8(10)11/h7-8,11H,4-6H2,1-3H3/t7-,8-,10-/m0/s1. The first kappa shape index (κ1) is 7.60. The normalized spacial score (nSPS) is 53.5. The van der Waals surface area contributed by atoms with Gasteiger partial charge in [-0.1, -0.05) is 20.8 Å². The van der Waals surface area contributed by atoms with E-state index in [9.17, 15) is 5.11 Å². The van der Waals surface area contributed by atoms with Gasteiger partial charge in [0, 0.05) is 0 Å². The van der Waals surface area contributed by atoms with Gasteiger partial charge < -0.3 is 5.11 Å². The predicted octanol–water partition coefficient (Wildman–Crippen LogP) is 2.19. The van der Waals surface area contributed by atoms with E-state index in [1.807, 2.05) is 0 Å². The number of aliphatic hydroxyl groups is 1. The Bertz CT molecular complexity index is 185. The average Bonchev–Trinajstić information content (AvgIpc) is 2.16. The molecule has 0 spiro atoms. The molecule has 0 radical (unpaired) electrons. The lowest BCUT2D eigenvalue weighted by molar-refractivity contribution is 0.0173. The van der Waals surface area contributed by atoms with Gasteiger partial charge in [-0.15, -0.1) is 0 Å². The van der Waals surface area contributed by atoms with Gasteiger partial charge in [0.25, 0.3) is 0 Å². The van der Waals surface area contributed by atoms with Crippen LogP contribution in [0.5, 0.6) is 0 Å². The molecule has 0 aliphatic heterocycles. The van der Waals surface area contributed by atoms with Crippen molar-refractivity contribution in [3.63, 3.8) is 0 Å². The van der Waals surface area contributed by atoms with Crippen molar-refractivity contribution < 1.29 is 5.11 Å². The van der Waals surface area contributed by atoms with Crippen LogP contribution in [0.3, 0.4) is 0 Å². The van der Waals surface area contributed by atoms with E-state index in [0.29, 0.717) is 5.41 Å². The van der Waals surface area contributed by atoms with Crippen LogP contribution in [-0.4, -0.2) is 11.2 Å². The highest BCUT2D eigenvalue weighted by molar-refractivity contribution is 5.06. The van der Waals surface area contributed by atoms with Crippen molar-refractivity contribution in [2.45, 2.75) is 46.1 Å². The zero-order valence-electron chi connectivity index (χ0n) is 7.72. The van der Waals surface area contributed by atoms with Gasteiger partial charge in [-0.25, -0.2) is 0 Å². The first-order chi connectivity index (χ1) is 4.94. The van der Waals surface area contributed by atoms with Crippen LogP contribution in [0.2, 0.25) is 0 Å². The second-order valence-corrected chi connectivity index (χ2v) is 5.47. The molecule has 0 aromatic carbocycles. The molecule has 3 atom stereocenters. The molecule has 2 bridgehead atoms. The molecule has 2 rings (SSSR count). The number of fused-ring (bicyclic) bond motifs is 2. The smallest absolute Gasteiger partial charge is 0.0596 e. The highest BCUT2D eigenvalue weighted by atomic mass is 16.3. The summed E-state index contributed by atoms with van der Waals surface area (Å²) in [5, 5.41) is 9.71. The van der Waals surface area contributed by atoms with Crippen LogP contribution in [0.25, 0.3) is 0 Å². The molecule has 1 heteroatoms. The molecule has 1 N–H and O–H groups in total. The van der Waals surface area contributed by atoms with Gasteiger partial charge in [-0.05, 0) is 36.0 Å². The van der Waals surface area contributed by atoms with Gasteiger partial charge in [-0.3, -0.25) is 0 Å². The molecule has 2 saturated carbocycles. The highest BCUT2D eigenvalue weighted by Crippen LogP contribution is 2.62. The van der Waals surface area contributed by atoms with Gasteiger partial charge in [-0.2, -0.15) is 0 Å². The van der Waals surface area contributed by atoms with Crippen molar-refractivity contribution in [3.05, 3.63) is 0 Å². The molecule has 0 aromatic heterocycles. The molecular formula is C10H18O. The first-order valence-electron chi connectivity index (χ1n) is 4.62. The van der Waals surface area contributed by atoms with Crippen LogP contribution >= 0.6 is 0 Å². The molecule has 2 aliphatic carbocycles. The molecule has 11 heavy (non-hydrogen) atoms. The number of hydrogen-bond donors (Lipinski definition) is 1. The van der Waals surface area contributed by atoms with Crippen molar-refractivity contribution in [1.82, 2.24) is 0 Å². The summed E-state index contributed by atoms with van der Waals surface area (Å²) in [5.41, 5.74) is 0.752. The second kappa shape index (κ2) is 1.82. The Kier molecular flexibility index (Phi) is 1.26. The Hall–Kier alpha value is -0.0400. The van der Waals surface area contributed by atoms with Crippen molar-refractivity contribution in [2.75, 3.05) is 0 Å². The van der Waals surface area contributed by atoms with Gasteiger partial charge in [0.05, 0.1) is 6.10 Å². The van der Waals surface area contributed by atoms with Crippen molar-refractivity contribution >= 4 is 0 Å². The van der Waals surface area contributed by atoms with Gasteiger partial charge >= 0.3 is 0 Å². The van der Waals surface area contributed by atoms with E-state index in [2.05, 4.69) is 20.8 Å². The fraction of sp³-hybridized carbons (Fsp3) is 1.00. The topological polar surface area (TPSA) is 20.2 Å². The van der Waals surface area contributed by atoms with Gasteiger partial charge in [0.2, 0.25) is 0 Å². The molecule has 0 aromatic rings. The van der Waals surface area contributed by atoms with E-state index in [1.165, 1.54) is 12.8 Å². The SMILES string of the molecule is CC1(C)C[C@]2(C)C[C@@H]1C[C@@H]2O. The van der Waals surface area contributed by atoms with E-state index in [4.69, 9.17) is 0 Å². The summed E-state index contributed by atoms with van der Waals surface area (Å²) >= 11 is 0. The third-order valence-corrected chi connectivity index (χ3v) is 3.99. The summed E-state index contributed by atoms with van der Waals surface area (Å²) in [6.07, 6.45) is 3.50. The van der Waals surface area contributed by atoms with Crippen LogP contribution in [0.4, 0.5) is 0 Å². The maximum absolute atomic E-state index is 9.71. The Morgan fingerprint density at radius 1 is 1.27 bits per heavy atom. The lowest BCUT2D eigenvalue weighted by Gasteiger charge is -2.36. The Morgan fingerprint density at radius 2 is 1.91 bits per heavy atom. The summed E-state index contributed by atoms with van der Waals surface area (Å²) < 4.78 is 0. The van der Waals surface area contributed by atoms with Gasteiger partial charge in [0.1, 0.15) is 0 Å². The van der Waals surface area contributed by atoms with E-state index < -0.39 is 0 Å². The van der Waals surface area contributed by atoms with E-state index in [1.54, 1.807) is 0 Å². The largest absolute Gasteiger partial charge is 0.393 e. The van der Waals surface area contributed by atoms with Crippen LogP contribution in [-0.2, 0) is 0 Å². The fourth-order valence-corrected chi connectivity index (χ4v) is 3.31. The Labute approximate surface area is 68.8 Å². The summed E-state index contributed by atoms with van der Waals surface area (Å²) in [4.78, 5) is 0. The highest BCUT2D eigenvalue weighted by Gasteiger charge is 2.56. The summed E-state index contributed by atoms with van der Waals surface area (Å²) in [6, 6.07) is 0. The first-order valence-corrected chi connectivity index (χ1v) is 4.62. The zero-order chi connectivity index (χ0) is 8.28. The molecule has 0 heterocycles. The molecule has 0 amide bonds. The van der Waals surface area contributed by atoms with Crippen LogP contribution in [0.15, 0.2) is 0 Å². The van der Waals surface area contributed by atoms with Crippen LogP contribution in [0.1, 0.15) is 40.0 Å². The predicted molar refractivity (Wildman–Crippen MR) is 45.2 cm³/mol. The van der Waals surface area contributed by atoms with E-state index >= 15 is 0 Å². The molecular weight excluding hydrogens is 136 g/mol. The fourth-order valence-electron chi connectivity index (χ4n) is 3.31. The Morgan fingerprint density at radius 3 is 2.18 bits per heavy atom. The minimum atomic E-state index is -0.0134. The van der Waals surface area contributed by atoms with Crippen LogP contribution in [0, 0.1) is 16.7 Å². The Balaban J connectivity index is 2.27. The quantitative estimate of drug-likeness (QED) is 0.567. The van der Waals surface area contributed by atoms with Crippen LogP contribution < -0.4 is 0 Å². The molecule has 2 aliphatic rings. The number of rotatable bonds is 0. The third kappa shape index (κ3) is 0.868. The second-order valence-electron chi connectivity index (χ2n) is 5.47. The summed E-state index contributed by atoms with van der Waals surface area (Å²) in [6.45, 7) is 6.93. The number of aliphatic hydroxyl groups excluding tert-OH is 1. The van der Waals surface area contributed by atoms with Crippen molar-refractivity contribution in [1.29, 1.82) is 0 Å². The maximum atomic E-state index is 9.71. The van der Waals surface area contributed by atoms with Crippen molar-refractivity contribution in [2.24, 2.45) is 16.7 Å². The molecule has 0 unspecified atom stereocenters. The lowest BCUT2D eigenvalue weighted by Crippen LogP contribution is -2.33. The summed E-state index contributed by atoms with van der Waals surface area (Å²) in [5.74, 6) is 0.780.